The largest absolute Gasteiger partial charge is 0.147 e. The van der Waals surface area contributed by atoms with Gasteiger partial charge in [-0.15, -0.1) is 19.7 Å². The molecule has 0 nitrogen and oxygen atoms in total. The van der Waals surface area contributed by atoms with E-state index in [4.69, 9.17) is 0 Å². The van der Waals surface area contributed by atoms with Crippen LogP contribution in [0.15, 0.2) is 0 Å². The molecule has 0 aromatic heterocycles. The van der Waals surface area contributed by atoms with Gasteiger partial charge in [0.05, 0.1) is 0 Å². The van der Waals surface area contributed by atoms with Crippen molar-refractivity contribution in [3.8, 4) is 0 Å². The quantitative estimate of drug-likeness (QED) is 0.211. The Labute approximate surface area is 143 Å². The average molecular weight is 338 g/mol. The van der Waals surface area contributed by atoms with E-state index in [1.54, 1.807) is 0 Å². The van der Waals surface area contributed by atoms with Gasteiger partial charge in [0, 0.05) is 0 Å². The van der Waals surface area contributed by atoms with Gasteiger partial charge in [0.1, 0.15) is 0 Å². The molecule has 0 amide bonds. The van der Waals surface area contributed by atoms with Crippen molar-refractivity contribution in [2.24, 2.45) is 0 Å². The molecule has 0 atom stereocenters. The van der Waals surface area contributed by atoms with E-state index in [-0.39, 0.29) is 12.4 Å². The Bertz CT molecular complexity index is 186. The van der Waals surface area contributed by atoms with E-state index in [1.807, 2.05) is 0 Å². The third kappa shape index (κ3) is 23.1. The highest BCUT2D eigenvalue weighted by Crippen LogP contribution is 2.47. The van der Waals surface area contributed by atoms with Gasteiger partial charge in [0.2, 0.25) is 0 Å². The van der Waals surface area contributed by atoms with Crippen molar-refractivity contribution in [2.75, 3.05) is 26.2 Å². The topological polar surface area (TPSA) is 0 Å². The number of rotatable bonds is 15. The summed E-state index contributed by atoms with van der Waals surface area (Å²) in [5.41, 5.74) is 0. The van der Waals surface area contributed by atoms with E-state index in [0.717, 1.165) is 0 Å². The summed E-state index contributed by atoms with van der Waals surface area (Å²) >= 11 is 0. The van der Waals surface area contributed by atoms with Gasteiger partial charge in [-0.05, 0) is 32.6 Å². The van der Waals surface area contributed by atoms with E-state index in [9.17, 15) is 0 Å². The number of unbranched alkanes of at least 4 members (excludes halogenated alkanes) is 13. The minimum Gasteiger partial charge on any atom is -0.147 e. The minimum absolute atomic E-state index is 0. The van der Waals surface area contributed by atoms with E-state index < -0.39 is 7.26 Å². The number of hydrogen-bond donors (Lipinski definition) is 0. The minimum atomic E-state index is -0.500. The first kappa shape index (κ1) is 24.0. The van der Waals surface area contributed by atoms with Gasteiger partial charge in [0.25, 0.3) is 0 Å². The van der Waals surface area contributed by atoms with Crippen LogP contribution >= 0.6 is 19.7 Å². The molecule has 0 fully saturated rings. The third-order valence-corrected chi connectivity index (χ3v) is 5.84. The molecule has 0 aromatic carbocycles. The van der Waals surface area contributed by atoms with E-state index in [1.165, 1.54) is 96.1 Å². The SMILES string of the molecule is CCCCCCCCCCCCCCCC[P](C)(C)C.Cl. The molecule has 0 aromatic rings. The fraction of sp³-hybridized carbons (Fsp3) is 1.00. The van der Waals surface area contributed by atoms with E-state index >= 15 is 0 Å². The maximum Gasteiger partial charge on any atom is -0.0366 e. The molecule has 0 heterocycles. The first-order valence-electron chi connectivity index (χ1n) is 9.36. The van der Waals surface area contributed by atoms with Crippen molar-refractivity contribution in [3.63, 3.8) is 0 Å². The van der Waals surface area contributed by atoms with Gasteiger partial charge in [-0.1, -0.05) is 90.4 Å². The summed E-state index contributed by atoms with van der Waals surface area (Å²) in [4.78, 5) is 0. The molecule has 131 valence electrons. The molecule has 0 bridgehead atoms. The van der Waals surface area contributed by atoms with Crippen LogP contribution in [0.3, 0.4) is 0 Å². The van der Waals surface area contributed by atoms with Crippen molar-refractivity contribution >= 4 is 19.7 Å². The third-order valence-electron chi connectivity index (χ3n) is 4.18. The van der Waals surface area contributed by atoms with E-state index in [2.05, 4.69) is 26.9 Å². The molecule has 0 saturated heterocycles. The molecule has 21 heavy (non-hydrogen) atoms. The Morgan fingerprint density at radius 3 is 1.05 bits per heavy atom. The lowest BCUT2D eigenvalue weighted by Crippen LogP contribution is -1.92. The van der Waals surface area contributed by atoms with Gasteiger partial charge >= 0.3 is 0 Å². The van der Waals surface area contributed by atoms with Crippen LogP contribution in [0.4, 0.5) is 0 Å². The molecule has 0 rings (SSSR count). The maximum absolute atomic E-state index is 2.47. The second kappa shape index (κ2) is 17.1. The van der Waals surface area contributed by atoms with Crippen LogP contribution in [-0.2, 0) is 0 Å². The molecule has 0 N–H and O–H groups in total. The Hall–Kier alpha value is 0.720. The molecule has 0 aliphatic heterocycles. The van der Waals surface area contributed by atoms with Crippen molar-refractivity contribution in [1.82, 2.24) is 0 Å². The van der Waals surface area contributed by atoms with Crippen LogP contribution in [0.1, 0.15) is 96.8 Å². The summed E-state index contributed by atoms with van der Waals surface area (Å²) < 4.78 is 0. The zero-order valence-electron chi connectivity index (χ0n) is 15.5. The summed E-state index contributed by atoms with van der Waals surface area (Å²) in [6.07, 6.45) is 22.1. The molecule has 2 heteroatoms. The summed E-state index contributed by atoms with van der Waals surface area (Å²) in [6, 6.07) is 0. The van der Waals surface area contributed by atoms with Crippen LogP contribution in [-0.4, -0.2) is 26.2 Å². The summed E-state index contributed by atoms with van der Waals surface area (Å²) in [5.74, 6) is 0. The molecule has 0 saturated carbocycles. The van der Waals surface area contributed by atoms with Crippen LogP contribution in [0.25, 0.3) is 0 Å². The molecular formula is C19H43ClP. The van der Waals surface area contributed by atoms with Gasteiger partial charge in [-0.25, -0.2) is 0 Å². The number of hydrogen-bond acceptors (Lipinski definition) is 0. The lowest BCUT2D eigenvalue weighted by molar-refractivity contribution is 0.538. The lowest BCUT2D eigenvalue weighted by Gasteiger charge is -2.20. The molecule has 0 unspecified atom stereocenters. The predicted molar refractivity (Wildman–Crippen MR) is 107 cm³/mol. The van der Waals surface area contributed by atoms with Crippen molar-refractivity contribution in [2.45, 2.75) is 96.8 Å². The van der Waals surface area contributed by atoms with E-state index in [0.29, 0.717) is 0 Å². The van der Waals surface area contributed by atoms with Crippen LogP contribution in [0.5, 0.6) is 0 Å². The second-order valence-corrected chi connectivity index (χ2v) is 12.6. The number of halogens is 1. The monoisotopic (exact) mass is 337 g/mol. The van der Waals surface area contributed by atoms with Crippen LogP contribution in [0.2, 0.25) is 0 Å². The average Bonchev–Trinajstić information content (AvgIpc) is 2.38. The van der Waals surface area contributed by atoms with Crippen molar-refractivity contribution in [1.29, 1.82) is 0 Å². The van der Waals surface area contributed by atoms with Crippen molar-refractivity contribution < 1.29 is 0 Å². The highest BCUT2D eigenvalue weighted by molar-refractivity contribution is 7.73. The van der Waals surface area contributed by atoms with Gasteiger partial charge in [0.15, 0.2) is 0 Å². The fourth-order valence-corrected chi connectivity index (χ4v) is 3.95. The molecule has 0 aliphatic carbocycles. The second-order valence-electron chi connectivity index (χ2n) is 7.61. The Balaban J connectivity index is 0. The molecular weight excluding hydrogens is 295 g/mol. The fourth-order valence-electron chi connectivity index (χ4n) is 2.78. The normalized spacial score (nSPS) is 11.4. The standard InChI is InChI=1S/C19H42P.ClH/c1-5-6-7-8-9-10-11-12-13-14-15-16-17-18-19-20(2,3)4;/h5-19H2,1-4H3;1H. The maximum atomic E-state index is 2.47. The first-order valence-corrected chi connectivity index (χ1v) is 12.7. The van der Waals surface area contributed by atoms with Crippen LogP contribution in [0, 0.1) is 0 Å². The Kier molecular flexibility index (Phi) is 19.5. The Morgan fingerprint density at radius 1 is 0.476 bits per heavy atom. The van der Waals surface area contributed by atoms with Crippen molar-refractivity contribution in [3.05, 3.63) is 0 Å². The summed E-state index contributed by atoms with van der Waals surface area (Å²) in [6.45, 7) is 9.70. The predicted octanol–water partition coefficient (Wildman–Crippen LogP) is 7.80. The molecule has 0 spiro atoms. The van der Waals surface area contributed by atoms with Crippen LogP contribution < -0.4 is 0 Å². The molecule has 1 radical (unpaired) electrons. The first-order chi connectivity index (χ1) is 9.56. The summed E-state index contributed by atoms with van der Waals surface area (Å²) in [7, 11) is -0.500. The smallest absolute Gasteiger partial charge is 0.0366 e. The highest BCUT2D eigenvalue weighted by atomic mass is 35.5. The summed E-state index contributed by atoms with van der Waals surface area (Å²) in [5, 5.41) is 0. The molecule has 0 aliphatic rings. The zero-order valence-corrected chi connectivity index (χ0v) is 17.2. The zero-order chi connectivity index (χ0) is 15.1. The van der Waals surface area contributed by atoms with Gasteiger partial charge in [-0.2, -0.15) is 0 Å². The highest BCUT2D eigenvalue weighted by Gasteiger charge is 2.05. The van der Waals surface area contributed by atoms with Gasteiger partial charge in [-0.3, -0.25) is 0 Å². The lowest BCUT2D eigenvalue weighted by atomic mass is 10.0. The Morgan fingerprint density at radius 2 is 0.762 bits per heavy atom. The van der Waals surface area contributed by atoms with Gasteiger partial charge < -0.3 is 0 Å².